The number of aliphatic hydroxyl groups excluding tert-OH is 1. The minimum Gasteiger partial charge on any atom is -0.467 e. The summed E-state index contributed by atoms with van der Waals surface area (Å²) in [4.78, 5) is 16.6. The zero-order valence-corrected chi connectivity index (χ0v) is 14.9. The maximum absolute atomic E-state index is 12.2. The average molecular weight is 356 g/mol. The van der Waals surface area contributed by atoms with E-state index in [-0.39, 0.29) is 12.5 Å². The van der Waals surface area contributed by atoms with Crippen molar-refractivity contribution in [1.82, 2.24) is 10.3 Å². The number of amides is 1. The number of furan rings is 1. The molecule has 0 spiro atoms. The monoisotopic (exact) mass is 356 g/mol. The molecule has 2 aromatic heterocycles. The quantitative estimate of drug-likeness (QED) is 0.700. The summed E-state index contributed by atoms with van der Waals surface area (Å²) in [6.07, 6.45) is 0.609. The first-order valence-corrected chi connectivity index (χ1v) is 8.98. The van der Waals surface area contributed by atoms with Gasteiger partial charge in [0.15, 0.2) is 0 Å². The molecule has 0 fully saturated rings. The van der Waals surface area contributed by atoms with Crippen molar-refractivity contribution in [2.75, 3.05) is 6.54 Å². The Bertz CT molecular complexity index is 823. The molecule has 0 bridgehead atoms. The smallest absolute Gasteiger partial charge is 0.270 e. The number of nitrogens with zero attached hydrogens (tertiary/aromatic N) is 1. The molecule has 25 heavy (non-hydrogen) atoms. The molecule has 0 saturated heterocycles. The van der Waals surface area contributed by atoms with Crippen LogP contribution in [0.2, 0.25) is 0 Å². The third-order valence-electron chi connectivity index (χ3n) is 3.89. The molecule has 130 valence electrons. The van der Waals surface area contributed by atoms with Crippen molar-refractivity contribution in [2.24, 2.45) is 0 Å². The first-order chi connectivity index (χ1) is 12.0. The van der Waals surface area contributed by atoms with E-state index in [1.807, 2.05) is 12.1 Å². The molecule has 0 radical (unpaired) electrons. The highest BCUT2D eigenvalue weighted by atomic mass is 32.1. The highest BCUT2D eigenvalue weighted by Gasteiger charge is 2.15. The third-order valence-corrected chi connectivity index (χ3v) is 4.78. The number of hydrogen-bond acceptors (Lipinski definition) is 5. The molecular weight excluding hydrogens is 336 g/mol. The number of nitrogens with one attached hydrogen (secondary N) is 1. The van der Waals surface area contributed by atoms with E-state index in [0.29, 0.717) is 17.4 Å². The standard InChI is InChI=1S/C19H20N2O3S/c1-12(2)13-5-7-14(8-6-13)19-21-15(11-25-19)18(23)20-10-16(22)17-4-3-9-24-17/h3-9,11-12,16,22H,10H2,1-2H3,(H,20,23). The number of benzene rings is 1. The number of thiazole rings is 1. The molecule has 2 N–H and O–H groups in total. The molecule has 2 heterocycles. The Morgan fingerprint density at radius 1 is 1.28 bits per heavy atom. The van der Waals surface area contributed by atoms with Crippen molar-refractivity contribution in [3.63, 3.8) is 0 Å². The van der Waals surface area contributed by atoms with Crippen LogP contribution in [0.1, 0.15) is 47.7 Å². The molecule has 0 saturated carbocycles. The summed E-state index contributed by atoms with van der Waals surface area (Å²) in [6.45, 7) is 4.37. The van der Waals surface area contributed by atoms with Gasteiger partial charge in [-0.05, 0) is 23.6 Å². The number of rotatable bonds is 6. The van der Waals surface area contributed by atoms with E-state index in [1.54, 1.807) is 17.5 Å². The predicted molar refractivity (Wildman–Crippen MR) is 97.6 cm³/mol. The topological polar surface area (TPSA) is 75.4 Å². The van der Waals surface area contributed by atoms with Crippen LogP contribution < -0.4 is 5.32 Å². The van der Waals surface area contributed by atoms with Crippen molar-refractivity contribution in [3.05, 3.63) is 65.1 Å². The van der Waals surface area contributed by atoms with Crippen LogP contribution in [0.5, 0.6) is 0 Å². The van der Waals surface area contributed by atoms with Crippen LogP contribution in [0.4, 0.5) is 0 Å². The first-order valence-electron chi connectivity index (χ1n) is 8.10. The molecule has 0 aliphatic heterocycles. The van der Waals surface area contributed by atoms with Gasteiger partial charge in [0, 0.05) is 10.9 Å². The van der Waals surface area contributed by atoms with Gasteiger partial charge in [0.2, 0.25) is 0 Å². The second-order valence-electron chi connectivity index (χ2n) is 6.06. The number of carbonyl (C=O) groups is 1. The molecule has 1 unspecified atom stereocenters. The van der Waals surface area contributed by atoms with Crippen LogP contribution >= 0.6 is 11.3 Å². The Morgan fingerprint density at radius 2 is 2.04 bits per heavy atom. The van der Waals surface area contributed by atoms with E-state index < -0.39 is 6.10 Å². The molecule has 0 aliphatic carbocycles. The van der Waals surface area contributed by atoms with Crippen LogP contribution in [0.25, 0.3) is 10.6 Å². The van der Waals surface area contributed by atoms with E-state index in [2.05, 4.69) is 36.3 Å². The SMILES string of the molecule is CC(C)c1ccc(-c2nc(C(=O)NCC(O)c3ccco3)cs2)cc1. The maximum atomic E-state index is 12.2. The molecule has 1 amide bonds. The highest BCUT2D eigenvalue weighted by Crippen LogP contribution is 2.25. The first kappa shape index (κ1) is 17.4. The van der Waals surface area contributed by atoms with Gasteiger partial charge in [0.25, 0.3) is 5.91 Å². The summed E-state index contributed by atoms with van der Waals surface area (Å²) in [7, 11) is 0. The Balaban J connectivity index is 1.63. The molecular formula is C19H20N2O3S. The van der Waals surface area contributed by atoms with Crippen molar-refractivity contribution < 1.29 is 14.3 Å². The summed E-state index contributed by atoms with van der Waals surface area (Å²) in [5, 5.41) is 15.1. The number of aromatic nitrogens is 1. The normalized spacial score (nSPS) is 12.3. The fraction of sp³-hybridized carbons (Fsp3) is 0.263. The summed E-state index contributed by atoms with van der Waals surface area (Å²) < 4.78 is 5.11. The lowest BCUT2D eigenvalue weighted by Crippen LogP contribution is -2.28. The second kappa shape index (κ2) is 7.63. The summed E-state index contributed by atoms with van der Waals surface area (Å²) >= 11 is 1.42. The van der Waals surface area contributed by atoms with Crippen LogP contribution in [0, 0.1) is 0 Å². The van der Waals surface area contributed by atoms with Gasteiger partial charge in [0.05, 0.1) is 12.8 Å². The Hall–Kier alpha value is -2.44. The van der Waals surface area contributed by atoms with E-state index in [4.69, 9.17) is 4.42 Å². The van der Waals surface area contributed by atoms with E-state index >= 15 is 0 Å². The van der Waals surface area contributed by atoms with Gasteiger partial charge >= 0.3 is 0 Å². The van der Waals surface area contributed by atoms with Gasteiger partial charge in [0.1, 0.15) is 22.6 Å². The summed E-state index contributed by atoms with van der Waals surface area (Å²) in [5.41, 5.74) is 2.61. The van der Waals surface area contributed by atoms with Crippen LogP contribution in [-0.4, -0.2) is 22.5 Å². The molecule has 6 heteroatoms. The van der Waals surface area contributed by atoms with E-state index in [0.717, 1.165) is 10.6 Å². The molecule has 0 aliphatic rings. The zero-order chi connectivity index (χ0) is 17.8. The van der Waals surface area contributed by atoms with Gasteiger partial charge in [-0.1, -0.05) is 38.1 Å². The van der Waals surface area contributed by atoms with Crippen molar-refractivity contribution >= 4 is 17.2 Å². The Morgan fingerprint density at radius 3 is 2.68 bits per heavy atom. The fourth-order valence-electron chi connectivity index (χ4n) is 2.38. The molecule has 1 atom stereocenters. The van der Waals surface area contributed by atoms with Crippen LogP contribution in [0.15, 0.2) is 52.5 Å². The number of aliphatic hydroxyl groups is 1. The Labute approximate surface area is 150 Å². The van der Waals surface area contributed by atoms with Crippen LogP contribution in [0.3, 0.4) is 0 Å². The molecule has 1 aromatic carbocycles. The summed E-state index contributed by atoms with van der Waals surface area (Å²) in [5.74, 6) is 0.587. The van der Waals surface area contributed by atoms with Gasteiger partial charge in [-0.15, -0.1) is 11.3 Å². The lowest BCUT2D eigenvalue weighted by atomic mass is 10.0. The van der Waals surface area contributed by atoms with Crippen molar-refractivity contribution in [1.29, 1.82) is 0 Å². The minimum absolute atomic E-state index is 0.0717. The number of carbonyl (C=O) groups excluding carboxylic acids is 1. The lowest BCUT2D eigenvalue weighted by Gasteiger charge is -2.08. The van der Waals surface area contributed by atoms with E-state index in [9.17, 15) is 9.90 Å². The average Bonchev–Trinajstić information content (AvgIpc) is 3.31. The second-order valence-corrected chi connectivity index (χ2v) is 6.91. The minimum atomic E-state index is -0.874. The Kier molecular flexibility index (Phi) is 5.31. The molecule has 3 rings (SSSR count). The largest absolute Gasteiger partial charge is 0.467 e. The molecule has 5 nitrogen and oxygen atoms in total. The lowest BCUT2D eigenvalue weighted by molar-refractivity contribution is 0.0897. The van der Waals surface area contributed by atoms with Gasteiger partial charge in [-0.3, -0.25) is 4.79 Å². The van der Waals surface area contributed by atoms with Crippen molar-refractivity contribution in [3.8, 4) is 10.6 Å². The number of hydrogen-bond donors (Lipinski definition) is 2. The fourth-order valence-corrected chi connectivity index (χ4v) is 3.19. The van der Waals surface area contributed by atoms with Gasteiger partial charge < -0.3 is 14.8 Å². The van der Waals surface area contributed by atoms with E-state index in [1.165, 1.54) is 23.2 Å². The van der Waals surface area contributed by atoms with Crippen molar-refractivity contribution in [2.45, 2.75) is 25.9 Å². The molecule has 3 aromatic rings. The highest BCUT2D eigenvalue weighted by molar-refractivity contribution is 7.13. The van der Waals surface area contributed by atoms with Crippen LogP contribution in [-0.2, 0) is 0 Å². The predicted octanol–water partition coefficient (Wildman–Crippen LogP) is 3.99. The van der Waals surface area contributed by atoms with Gasteiger partial charge in [-0.2, -0.15) is 0 Å². The summed E-state index contributed by atoms with van der Waals surface area (Å²) in [6, 6.07) is 11.6. The van der Waals surface area contributed by atoms with Gasteiger partial charge in [-0.25, -0.2) is 4.98 Å². The maximum Gasteiger partial charge on any atom is 0.270 e. The zero-order valence-electron chi connectivity index (χ0n) is 14.1. The third kappa shape index (κ3) is 4.15.